The number of hydrogen-bond acceptors (Lipinski definition) is 4. The van der Waals surface area contributed by atoms with Crippen molar-refractivity contribution in [3.05, 3.63) is 58.6 Å². The van der Waals surface area contributed by atoms with Crippen molar-refractivity contribution in [3.63, 3.8) is 0 Å². The van der Waals surface area contributed by atoms with Gasteiger partial charge in [-0.15, -0.1) is 0 Å². The Morgan fingerprint density at radius 1 is 1.29 bits per heavy atom. The molecule has 2 unspecified atom stereocenters. The molecule has 0 bridgehead atoms. The summed E-state index contributed by atoms with van der Waals surface area (Å²) in [6, 6.07) is 13.4. The lowest BCUT2D eigenvalue weighted by Gasteiger charge is -2.38. The molecule has 2 aromatic rings. The number of carboxylic acid groups (broad SMARTS) is 1. The Morgan fingerprint density at radius 3 is 2.68 bits per heavy atom. The van der Waals surface area contributed by atoms with Crippen molar-refractivity contribution in [2.75, 3.05) is 26.8 Å². The van der Waals surface area contributed by atoms with E-state index in [1.54, 1.807) is 13.2 Å². The van der Waals surface area contributed by atoms with Crippen LogP contribution in [0.5, 0.6) is 11.5 Å². The highest BCUT2D eigenvalue weighted by molar-refractivity contribution is 6.30. The van der Waals surface area contributed by atoms with Gasteiger partial charge in [0.2, 0.25) is 0 Å². The van der Waals surface area contributed by atoms with Crippen molar-refractivity contribution in [3.8, 4) is 11.5 Å². The van der Waals surface area contributed by atoms with E-state index in [-0.39, 0.29) is 12.0 Å². The summed E-state index contributed by atoms with van der Waals surface area (Å²) in [6.07, 6.45) is 1.54. The third kappa shape index (κ3) is 4.59. The van der Waals surface area contributed by atoms with E-state index < -0.39 is 5.97 Å². The molecule has 1 aliphatic rings. The van der Waals surface area contributed by atoms with Gasteiger partial charge in [0, 0.05) is 17.1 Å². The second-order valence-electron chi connectivity index (χ2n) is 6.96. The first-order chi connectivity index (χ1) is 13.5. The SMILES string of the molecule is CCOc1ccc(C(c2cc(Cl)ccc2OC)N2CCCC(C(=O)O)C2)cc1. The molecular weight excluding hydrogens is 378 g/mol. The molecule has 3 rings (SSSR count). The summed E-state index contributed by atoms with van der Waals surface area (Å²) in [5.74, 6) is 0.433. The Balaban J connectivity index is 2.03. The Morgan fingerprint density at radius 2 is 2.04 bits per heavy atom. The maximum absolute atomic E-state index is 11.6. The average Bonchev–Trinajstić information content (AvgIpc) is 2.70. The highest BCUT2D eigenvalue weighted by Gasteiger charge is 2.32. The number of benzene rings is 2. The topological polar surface area (TPSA) is 59.0 Å². The van der Waals surface area contributed by atoms with Crippen LogP contribution in [0.15, 0.2) is 42.5 Å². The summed E-state index contributed by atoms with van der Waals surface area (Å²) < 4.78 is 11.2. The van der Waals surface area contributed by atoms with E-state index >= 15 is 0 Å². The third-order valence-electron chi connectivity index (χ3n) is 5.16. The lowest BCUT2D eigenvalue weighted by Crippen LogP contribution is -2.41. The zero-order valence-electron chi connectivity index (χ0n) is 16.2. The summed E-state index contributed by atoms with van der Waals surface area (Å²) in [5, 5.41) is 10.2. The van der Waals surface area contributed by atoms with Crippen LogP contribution in [0.25, 0.3) is 0 Å². The Kier molecular flexibility index (Phi) is 6.81. The fourth-order valence-electron chi connectivity index (χ4n) is 3.86. The fourth-order valence-corrected chi connectivity index (χ4v) is 4.04. The first-order valence-corrected chi connectivity index (χ1v) is 9.94. The van der Waals surface area contributed by atoms with Crippen LogP contribution in [0.3, 0.4) is 0 Å². The molecule has 1 fully saturated rings. The minimum atomic E-state index is -0.742. The van der Waals surface area contributed by atoms with E-state index in [1.807, 2.05) is 43.3 Å². The number of hydrogen-bond donors (Lipinski definition) is 1. The number of methoxy groups -OCH3 is 1. The molecule has 2 atom stereocenters. The van der Waals surface area contributed by atoms with Crippen LogP contribution < -0.4 is 9.47 Å². The number of ether oxygens (including phenoxy) is 2. The van der Waals surface area contributed by atoms with Gasteiger partial charge in [-0.1, -0.05) is 23.7 Å². The predicted molar refractivity (Wildman–Crippen MR) is 109 cm³/mol. The van der Waals surface area contributed by atoms with Crippen molar-refractivity contribution < 1.29 is 19.4 Å². The highest BCUT2D eigenvalue weighted by atomic mass is 35.5. The molecule has 0 saturated carbocycles. The zero-order chi connectivity index (χ0) is 20.1. The van der Waals surface area contributed by atoms with Crippen molar-refractivity contribution in [2.45, 2.75) is 25.8 Å². The van der Waals surface area contributed by atoms with Gasteiger partial charge < -0.3 is 14.6 Å². The molecule has 1 N–H and O–H groups in total. The van der Waals surface area contributed by atoms with Crippen molar-refractivity contribution in [1.82, 2.24) is 4.90 Å². The molecule has 0 radical (unpaired) electrons. The summed E-state index contributed by atoms with van der Waals surface area (Å²) >= 11 is 6.30. The van der Waals surface area contributed by atoms with Crippen LogP contribution >= 0.6 is 11.6 Å². The molecule has 1 aliphatic heterocycles. The Hall–Kier alpha value is -2.24. The van der Waals surface area contributed by atoms with Gasteiger partial charge in [-0.3, -0.25) is 9.69 Å². The molecule has 0 aliphatic carbocycles. The van der Waals surface area contributed by atoms with E-state index in [1.165, 1.54) is 0 Å². The normalized spacial score (nSPS) is 18.5. The summed E-state index contributed by atoms with van der Waals surface area (Å²) in [5.41, 5.74) is 1.99. The average molecular weight is 404 g/mol. The molecule has 2 aromatic carbocycles. The van der Waals surface area contributed by atoms with E-state index in [9.17, 15) is 9.90 Å². The van der Waals surface area contributed by atoms with Gasteiger partial charge >= 0.3 is 5.97 Å². The number of nitrogens with zero attached hydrogens (tertiary/aromatic N) is 1. The number of piperidine rings is 1. The van der Waals surface area contributed by atoms with Gasteiger partial charge in [0.1, 0.15) is 11.5 Å². The number of carboxylic acids is 1. The van der Waals surface area contributed by atoms with Gasteiger partial charge in [-0.2, -0.15) is 0 Å². The van der Waals surface area contributed by atoms with Gasteiger partial charge in [0.15, 0.2) is 0 Å². The summed E-state index contributed by atoms with van der Waals surface area (Å²) in [4.78, 5) is 13.8. The van der Waals surface area contributed by atoms with Gasteiger partial charge in [-0.05, 0) is 62.2 Å². The maximum atomic E-state index is 11.6. The lowest BCUT2D eigenvalue weighted by molar-refractivity contribution is -0.143. The highest BCUT2D eigenvalue weighted by Crippen LogP contribution is 2.39. The molecule has 150 valence electrons. The Labute approximate surface area is 170 Å². The van der Waals surface area contributed by atoms with Crippen LogP contribution in [-0.2, 0) is 4.79 Å². The van der Waals surface area contributed by atoms with Crippen molar-refractivity contribution >= 4 is 17.6 Å². The molecule has 1 saturated heterocycles. The van der Waals surface area contributed by atoms with Gasteiger partial charge in [0.25, 0.3) is 0 Å². The van der Waals surface area contributed by atoms with E-state index in [0.29, 0.717) is 24.6 Å². The molecular formula is C22H26ClNO4. The monoisotopic (exact) mass is 403 g/mol. The van der Waals surface area contributed by atoms with Crippen LogP contribution in [0.1, 0.15) is 36.9 Å². The van der Waals surface area contributed by atoms with Gasteiger partial charge in [-0.25, -0.2) is 0 Å². The fraction of sp³-hybridized carbons (Fsp3) is 0.409. The van der Waals surface area contributed by atoms with Crippen LogP contribution in [0, 0.1) is 5.92 Å². The number of halogens is 1. The summed E-state index contributed by atoms with van der Waals surface area (Å²) in [7, 11) is 1.64. The number of rotatable bonds is 7. The number of likely N-dealkylation sites (tertiary alicyclic amines) is 1. The first kappa shape index (κ1) is 20.5. The molecule has 0 aromatic heterocycles. The van der Waals surface area contributed by atoms with Crippen molar-refractivity contribution in [2.24, 2.45) is 5.92 Å². The van der Waals surface area contributed by atoms with E-state index in [2.05, 4.69) is 4.90 Å². The minimum Gasteiger partial charge on any atom is -0.496 e. The van der Waals surface area contributed by atoms with Crippen LogP contribution in [0.4, 0.5) is 0 Å². The van der Waals surface area contributed by atoms with Gasteiger partial charge in [0.05, 0.1) is 25.7 Å². The summed E-state index contributed by atoms with van der Waals surface area (Å²) in [6.45, 7) is 3.87. The largest absolute Gasteiger partial charge is 0.496 e. The maximum Gasteiger partial charge on any atom is 0.307 e. The standard InChI is InChI=1S/C22H26ClNO4/c1-3-28-18-9-6-15(7-10-18)21(19-13-17(23)8-11-20(19)27-2)24-12-4-5-16(14-24)22(25)26/h6-11,13,16,21H,3-5,12,14H2,1-2H3,(H,25,26). The van der Waals surface area contributed by atoms with Crippen molar-refractivity contribution in [1.29, 1.82) is 0 Å². The lowest BCUT2D eigenvalue weighted by atomic mass is 9.91. The zero-order valence-corrected chi connectivity index (χ0v) is 17.0. The first-order valence-electron chi connectivity index (χ1n) is 9.56. The molecule has 1 heterocycles. The molecule has 28 heavy (non-hydrogen) atoms. The second kappa shape index (κ2) is 9.30. The second-order valence-corrected chi connectivity index (χ2v) is 7.40. The smallest absolute Gasteiger partial charge is 0.307 e. The predicted octanol–water partition coefficient (Wildman–Crippen LogP) is 4.63. The number of carbonyl (C=O) groups is 1. The van der Waals surface area contributed by atoms with Crippen LogP contribution in [0.2, 0.25) is 5.02 Å². The van der Waals surface area contributed by atoms with E-state index in [4.69, 9.17) is 21.1 Å². The van der Waals surface area contributed by atoms with Crippen LogP contribution in [-0.4, -0.2) is 42.8 Å². The van der Waals surface area contributed by atoms with E-state index in [0.717, 1.165) is 35.6 Å². The number of aliphatic carboxylic acids is 1. The molecule has 0 amide bonds. The Bertz CT molecular complexity index is 809. The quantitative estimate of drug-likeness (QED) is 0.730. The molecule has 0 spiro atoms. The molecule has 6 heteroatoms. The third-order valence-corrected chi connectivity index (χ3v) is 5.40. The minimum absolute atomic E-state index is 0.147. The molecule has 5 nitrogen and oxygen atoms in total.